The monoisotopic (exact) mass is 255 g/mol. The smallest absolute Gasteiger partial charge is 0.185 e. The zero-order valence-corrected chi connectivity index (χ0v) is 12.5. The highest BCUT2D eigenvalue weighted by atomic mass is 32.1. The van der Waals surface area contributed by atoms with Crippen LogP contribution in [0.3, 0.4) is 0 Å². The largest absolute Gasteiger partial charge is 0.348 e. The summed E-state index contributed by atoms with van der Waals surface area (Å²) in [6, 6.07) is 0.525. The number of aromatic nitrogens is 1. The van der Waals surface area contributed by atoms with Crippen LogP contribution in [0.4, 0.5) is 5.13 Å². The maximum atomic E-state index is 5.82. The third-order valence-electron chi connectivity index (χ3n) is 3.53. The van der Waals surface area contributed by atoms with Gasteiger partial charge in [-0.15, -0.1) is 11.3 Å². The molecule has 98 valence electrons. The predicted octanol–water partition coefficient (Wildman–Crippen LogP) is 3.35. The van der Waals surface area contributed by atoms with Crippen LogP contribution in [-0.4, -0.2) is 18.1 Å². The van der Waals surface area contributed by atoms with E-state index in [0.29, 0.717) is 18.5 Å². The minimum absolute atomic E-state index is 0.504. The van der Waals surface area contributed by atoms with Gasteiger partial charge in [-0.25, -0.2) is 4.98 Å². The molecule has 0 aromatic carbocycles. The van der Waals surface area contributed by atoms with Crippen LogP contribution in [0.15, 0.2) is 0 Å². The van der Waals surface area contributed by atoms with Gasteiger partial charge in [0.1, 0.15) is 0 Å². The van der Waals surface area contributed by atoms with Crippen molar-refractivity contribution in [1.82, 2.24) is 4.98 Å². The van der Waals surface area contributed by atoms with Gasteiger partial charge in [0.05, 0.1) is 5.69 Å². The van der Waals surface area contributed by atoms with Gasteiger partial charge in [-0.3, -0.25) is 0 Å². The van der Waals surface area contributed by atoms with Gasteiger partial charge >= 0.3 is 0 Å². The van der Waals surface area contributed by atoms with E-state index in [1.807, 2.05) is 0 Å². The molecule has 3 nitrogen and oxygen atoms in total. The highest BCUT2D eigenvalue weighted by Gasteiger charge is 2.18. The Bertz CT molecular complexity index is 348. The molecule has 0 aliphatic heterocycles. The number of hydrogen-bond donors (Lipinski definition) is 1. The molecule has 0 spiro atoms. The van der Waals surface area contributed by atoms with E-state index in [2.05, 4.69) is 39.6 Å². The fourth-order valence-electron chi connectivity index (χ4n) is 1.69. The molecule has 2 N–H and O–H groups in total. The summed E-state index contributed by atoms with van der Waals surface area (Å²) < 4.78 is 0. The molecule has 0 bridgehead atoms. The zero-order valence-electron chi connectivity index (χ0n) is 11.7. The molecule has 1 aromatic rings. The zero-order chi connectivity index (χ0) is 13.0. The van der Waals surface area contributed by atoms with Gasteiger partial charge in [-0.05, 0) is 25.7 Å². The standard InChI is InChI=1S/C13H25N3S/c1-6-9(3)12-11(8-14)17-13(15-12)16(5)10(4)7-2/h9-10H,6-8,14H2,1-5H3. The predicted molar refractivity (Wildman–Crippen MR) is 76.9 cm³/mol. The fraction of sp³-hybridized carbons (Fsp3) is 0.769. The quantitative estimate of drug-likeness (QED) is 0.847. The molecule has 0 amide bonds. The first-order valence-corrected chi connectivity index (χ1v) is 7.29. The Balaban J connectivity index is 2.99. The molecule has 0 aliphatic carbocycles. The van der Waals surface area contributed by atoms with Gasteiger partial charge in [0.25, 0.3) is 0 Å². The minimum Gasteiger partial charge on any atom is -0.348 e. The van der Waals surface area contributed by atoms with Crippen LogP contribution >= 0.6 is 11.3 Å². The van der Waals surface area contributed by atoms with E-state index in [-0.39, 0.29) is 0 Å². The Morgan fingerprint density at radius 1 is 1.29 bits per heavy atom. The van der Waals surface area contributed by atoms with Crippen molar-refractivity contribution in [3.8, 4) is 0 Å². The first kappa shape index (κ1) is 14.5. The number of rotatable bonds is 6. The lowest BCUT2D eigenvalue weighted by atomic mass is 10.0. The number of nitrogens with two attached hydrogens (primary N) is 1. The van der Waals surface area contributed by atoms with Crippen LogP contribution in [-0.2, 0) is 6.54 Å². The first-order chi connectivity index (χ1) is 8.04. The van der Waals surface area contributed by atoms with Gasteiger partial charge in [0.2, 0.25) is 0 Å². The van der Waals surface area contributed by atoms with Crippen molar-refractivity contribution in [3.63, 3.8) is 0 Å². The molecule has 1 aromatic heterocycles. The van der Waals surface area contributed by atoms with Crippen molar-refractivity contribution in [3.05, 3.63) is 10.6 Å². The Kier molecular flexibility index (Phi) is 5.40. The SMILES string of the molecule is CCC(C)c1nc(N(C)C(C)CC)sc1CN. The van der Waals surface area contributed by atoms with E-state index in [1.165, 1.54) is 10.6 Å². The Labute approximate surface area is 109 Å². The van der Waals surface area contributed by atoms with Gasteiger partial charge in [0.15, 0.2) is 5.13 Å². The van der Waals surface area contributed by atoms with E-state index in [4.69, 9.17) is 10.7 Å². The molecule has 1 heterocycles. The van der Waals surface area contributed by atoms with Crippen molar-refractivity contribution < 1.29 is 0 Å². The summed E-state index contributed by atoms with van der Waals surface area (Å²) in [5.41, 5.74) is 7.02. The molecule has 0 saturated carbocycles. The minimum atomic E-state index is 0.504. The van der Waals surface area contributed by atoms with E-state index in [1.54, 1.807) is 11.3 Å². The number of nitrogens with zero attached hydrogens (tertiary/aromatic N) is 2. The summed E-state index contributed by atoms with van der Waals surface area (Å²) in [5, 5.41) is 1.11. The summed E-state index contributed by atoms with van der Waals surface area (Å²) >= 11 is 1.74. The van der Waals surface area contributed by atoms with Crippen molar-refractivity contribution in [2.45, 2.75) is 59.0 Å². The summed E-state index contributed by atoms with van der Waals surface area (Å²) in [4.78, 5) is 8.29. The normalized spacial score (nSPS) is 14.7. The van der Waals surface area contributed by atoms with Gasteiger partial charge in [0, 0.05) is 24.5 Å². The molecular formula is C13H25N3S. The number of hydrogen-bond acceptors (Lipinski definition) is 4. The fourth-order valence-corrected chi connectivity index (χ4v) is 2.81. The maximum Gasteiger partial charge on any atom is 0.185 e. The maximum absolute atomic E-state index is 5.82. The lowest BCUT2D eigenvalue weighted by molar-refractivity contribution is 0.655. The molecule has 0 aliphatic rings. The summed E-state index contributed by atoms with van der Waals surface area (Å²) in [6.45, 7) is 9.45. The average molecular weight is 255 g/mol. The molecule has 2 atom stereocenters. The Morgan fingerprint density at radius 3 is 2.41 bits per heavy atom. The summed E-state index contributed by atoms with van der Waals surface area (Å²) in [5.74, 6) is 0.504. The molecule has 0 radical (unpaired) electrons. The topological polar surface area (TPSA) is 42.2 Å². The highest BCUT2D eigenvalue weighted by Crippen LogP contribution is 2.32. The van der Waals surface area contributed by atoms with E-state index >= 15 is 0 Å². The van der Waals surface area contributed by atoms with Gasteiger partial charge in [-0.1, -0.05) is 20.8 Å². The van der Waals surface area contributed by atoms with Crippen LogP contribution in [0.2, 0.25) is 0 Å². The number of anilines is 1. The van der Waals surface area contributed by atoms with Crippen LogP contribution < -0.4 is 10.6 Å². The summed E-state index contributed by atoms with van der Waals surface area (Å²) in [6.07, 6.45) is 2.25. The van der Waals surface area contributed by atoms with Crippen LogP contribution in [0, 0.1) is 0 Å². The van der Waals surface area contributed by atoms with E-state index in [0.717, 1.165) is 18.0 Å². The van der Waals surface area contributed by atoms with Crippen molar-refractivity contribution >= 4 is 16.5 Å². The summed E-state index contributed by atoms with van der Waals surface area (Å²) in [7, 11) is 2.12. The molecule has 17 heavy (non-hydrogen) atoms. The second-order valence-corrected chi connectivity index (χ2v) is 5.75. The van der Waals surface area contributed by atoms with Crippen molar-refractivity contribution in [2.24, 2.45) is 5.73 Å². The molecular weight excluding hydrogens is 230 g/mol. The van der Waals surface area contributed by atoms with Crippen LogP contribution in [0.25, 0.3) is 0 Å². The third kappa shape index (κ3) is 3.19. The van der Waals surface area contributed by atoms with Gasteiger partial charge < -0.3 is 10.6 Å². The van der Waals surface area contributed by atoms with E-state index < -0.39 is 0 Å². The van der Waals surface area contributed by atoms with E-state index in [9.17, 15) is 0 Å². The molecule has 0 fully saturated rings. The van der Waals surface area contributed by atoms with Crippen molar-refractivity contribution in [1.29, 1.82) is 0 Å². The lowest BCUT2D eigenvalue weighted by Crippen LogP contribution is -2.27. The Morgan fingerprint density at radius 2 is 1.94 bits per heavy atom. The molecule has 1 rings (SSSR count). The van der Waals surface area contributed by atoms with Gasteiger partial charge in [-0.2, -0.15) is 0 Å². The molecule has 0 saturated heterocycles. The number of thiazole rings is 1. The van der Waals surface area contributed by atoms with Crippen LogP contribution in [0.1, 0.15) is 57.0 Å². The lowest BCUT2D eigenvalue weighted by Gasteiger charge is -2.22. The first-order valence-electron chi connectivity index (χ1n) is 6.47. The molecule has 2 unspecified atom stereocenters. The average Bonchev–Trinajstić information content (AvgIpc) is 2.79. The second-order valence-electron chi connectivity index (χ2n) is 4.69. The highest BCUT2D eigenvalue weighted by molar-refractivity contribution is 7.15. The molecule has 4 heteroatoms. The second kappa shape index (κ2) is 6.36. The van der Waals surface area contributed by atoms with Crippen LogP contribution in [0.5, 0.6) is 0 Å². The van der Waals surface area contributed by atoms with Crippen molar-refractivity contribution in [2.75, 3.05) is 11.9 Å². The third-order valence-corrected chi connectivity index (χ3v) is 4.72. The Hall–Kier alpha value is -0.610.